The Morgan fingerprint density at radius 2 is 1.62 bits per heavy atom. The van der Waals surface area contributed by atoms with Crippen LogP contribution < -0.4 is 0 Å². The molecule has 0 saturated carbocycles. The fourth-order valence-electron chi connectivity index (χ4n) is 3.21. The summed E-state index contributed by atoms with van der Waals surface area (Å²) in [7, 11) is 1.46. The van der Waals surface area contributed by atoms with Gasteiger partial charge in [-0.15, -0.1) is 0 Å². The number of rotatable bonds is 7. The highest BCUT2D eigenvalue weighted by Gasteiger charge is 2.32. The summed E-state index contributed by atoms with van der Waals surface area (Å²) in [6, 6.07) is 17.5. The third-order valence-corrected chi connectivity index (χ3v) is 4.87. The number of hydrogen-bond acceptors (Lipinski definition) is 4. The number of carbonyl (C=O) groups excluding carboxylic acids is 2. The summed E-state index contributed by atoms with van der Waals surface area (Å²) in [4.78, 5) is 38.1. The average Bonchev–Trinajstić information content (AvgIpc) is 2.74. The SMILES string of the molecule is CN(C(=O)C1=NN(Cc2ccccc2)C(=O)CC1)C(Cc1ccccc1)C(=O)O. The van der Waals surface area contributed by atoms with Crippen molar-refractivity contribution in [1.29, 1.82) is 0 Å². The van der Waals surface area contributed by atoms with Gasteiger partial charge in [-0.25, -0.2) is 9.80 Å². The van der Waals surface area contributed by atoms with Crippen LogP contribution in [0.4, 0.5) is 0 Å². The molecule has 1 N–H and O–H groups in total. The van der Waals surface area contributed by atoms with Crippen molar-refractivity contribution in [3.8, 4) is 0 Å². The van der Waals surface area contributed by atoms with E-state index in [-0.39, 0.29) is 37.4 Å². The molecule has 150 valence electrons. The number of likely N-dealkylation sites (N-methyl/N-ethyl adjacent to an activating group) is 1. The topological polar surface area (TPSA) is 90.3 Å². The molecular formula is C22H23N3O4. The Kier molecular flexibility index (Phi) is 6.39. The molecule has 0 spiro atoms. The Balaban J connectivity index is 1.76. The Bertz CT molecular complexity index is 912. The van der Waals surface area contributed by atoms with Gasteiger partial charge >= 0.3 is 5.97 Å². The zero-order valence-electron chi connectivity index (χ0n) is 16.2. The van der Waals surface area contributed by atoms with Gasteiger partial charge in [-0.3, -0.25) is 9.59 Å². The van der Waals surface area contributed by atoms with Crippen molar-refractivity contribution in [3.63, 3.8) is 0 Å². The van der Waals surface area contributed by atoms with Crippen molar-refractivity contribution in [2.24, 2.45) is 5.10 Å². The minimum Gasteiger partial charge on any atom is -0.480 e. The molecule has 29 heavy (non-hydrogen) atoms. The summed E-state index contributed by atoms with van der Waals surface area (Å²) in [6.07, 6.45) is 0.561. The maximum atomic E-state index is 12.9. The Morgan fingerprint density at radius 1 is 1.03 bits per heavy atom. The highest BCUT2D eigenvalue weighted by molar-refractivity contribution is 6.39. The fraction of sp³-hybridized carbons (Fsp3) is 0.273. The largest absolute Gasteiger partial charge is 0.480 e. The van der Waals surface area contributed by atoms with Gasteiger partial charge in [0.1, 0.15) is 11.8 Å². The van der Waals surface area contributed by atoms with Crippen LogP contribution in [-0.4, -0.2) is 51.6 Å². The fourth-order valence-corrected chi connectivity index (χ4v) is 3.21. The minimum atomic E-state index is -1.08. The van der Waals surface area contributed by atoms with E-state index in [1.807, 2.05) is 60.7 Å². The predicted octanol–water partition coefficient (Wildman–Crippen LogP) is 2.32. The number of hydrogen-bond donors (Lipinski definition) is 1. The first-order chi connectivity index (χ1) is 14.0. The molecule has 2 aromatic rings. The van der Waals surface area contributed by atoms with E-state index in [9.17, 15) is 19.5 Å². The zero-order valence-corrected chi connectivity index (χ0v) is 16.2. The molecule has 3 rings (SSSR count). The maximum Gasteiger partial charge on any atom is 0.326 e. The van der Waals surface area contributed by atoms with Gasteiger partial charge in [-0.1, -0.05) is 60.7 Å². The van der Waals surface area contributed by atoms with E-state index in [1.165, 1.54) is 17.0 Å². The van der Waals surface area contributed by atoms with Crippen LogP contribution in [0.3, 0.4) is 0 Å². The molecule has 0 radical (unpaired) electrons. The number of hydrazone groups is 1. The summed E-state index contributed by atoms with van der Waals surface area (Å²) < 4.78 is 0. The van der Waals surface area contributed by atoms with Crippen molar-refractivity contribution < 1.29 is 19.5 Å². The van der Waals surface area contributed by atoms with Crippen molar-refractivity contribution in [2.75, 3.05) is 7.05 Å². The van der Waals surface area contributed by atoms with Gasteiger partial charge < -0.3 is 10.0 Å². The normalized spacial score (nSPS) is 14.9. The number of carboxylic acid groups (broad SMARTS) is 1. The molecular weight excluding hydrogens is 370 g/mol. The van der Waals surface area contributed by atoms with Gasteiger partial charge in [0, 0.05) is 26.3 Å². The molecule has 1 heterocycles. The summed E-state index contributed by atoms with van der Waals surface area (Å²) >= 11 is 0. The second kappa shape index (κ2) is 9.14. The third kappa shape index (κ3) is 5.07. The first-order valence-electron chi connectivity index (χ1n) is 9.41. The van der Waals surface area contributed by atoms with Crippen LogP contribution in [0, 0.1) is 0 Å². The first kappa shape index (κ1) is 20.3. The van der Waals surface area contributed by atoms with Gasteiger partial charge in [0.05, 0.1) is 6.54 Å². The number of carbonyl (C=O) groups is 3. The molecule has 1 aliphatic rings. The van der Waals surface area contributed by atoms with Crippen molar-refractivity contribution >= 4 is 23.5 Å². The van der Waals surface area contributed by atoms with Gasteiger partial charge in [-0.2, -0.15) is 5.10 Å². The number of amides is 2. The lowest BCUT2D eigenvalue weighted by atomic mass is 10.0. The van der Waals surface area contributed by atoms with Crippen LogP contribution in [0.15, 0.2) is 65.8 Å². The lowest BCUT2D eigenvalue weighted by Crippen LogP contribution is -2.48. The molecule has 0 aliphatic carbocycles. The second-order valence-electron chi connectivity index (χ2n) is 6.94. The number of aliphatic carboxylic acids is 1. The molecule has 0 fully saturated rings. The van der Waals surface area contributed by atoms with Crippen molar-refractivity contribution in [1.82, 2.24) is 9.91 Å². The molecule has 7 nitrogen and oxygen atoms in total. The summed E-state index contributed by atoms with van der Waals surface area (Å²) in [5.41, 5.74) is 1.92. The number of nitrogens with zero attached hydrogens (tertiary/aromatic N) is 3. The monoisotopic (exact) mass is 393 g/mol. The minimum absolute atomic E-state index is 0.160. The Labute approximate surface area is 169 Å². The summed E-state index contributed by atoms with van der Waals surface area (Å²) in [6.45, 7) is 0.270. The molecule has 1 aliphatic heterocycles. The Morgan fingerprint density at radius 3 is 2.21 bits per heavy atom. The molecule has 2 aromatic carbocycles. The second-order valence-corrected chi connectivity index (χ2v) is 6.94. The van der Waals surface area contributed by atoms with E-state index < -0.39 is 17.9 Å². The molecule has 0 bridgehead atoms. The van der Waals surface area contributed by atoms with E-state index in [1.54, 1.807) is 0 Å². The highest BCUT2D eigenvalue weighted by Crippen LogP contribution is 2.16. The molecule has 0 saturated heterocycles. The van der Waals surface area contributed by atoms with Crippen LogP contribution in [0.25, 0.3) is 0 Å². The quantitative estimate of drug-likeness (QED) is 0.782. The maximum absolute atomic E-state index is 12.9. The standard InChI is InChI=1S/C22H23N3O4/c1-24(19(22(28)29)14-16-8-4-2-5-9-16)21(27)18-12-13-20(26)25(23-18)15-17-10-6-3-7-11-17/h2-11,19H,12-15H2,1H3,(H,28,29). The predicted molar refractivity (Wildman–Crippen MR) is 108 cm³/mol. The van der Waals surface area contributed by atoms with Gasteiger partial charge in [0.2, 0.25) is 5.91 Å². The first-order valence-corrected chi connectivity index (χ1v) is 9.41. The molecule has 1 atom stereocenters. The third-order valence-electron chi connectivity index (χ3n) is 4.87. The van der Waals surface area contributed by atoms with E-state index in [4.69, 9.17) is 0 Å². The van der Waals surface area contributed by atoms with Crippen LogP contribution in [0.2, 0.25) is 0 Å². The van der Waals surface area contributed by atoms with E-state index in [0.29, 0.717) is 0 Å². The highest BCUT2D eigenvalue weighted by atomic mass is 16.4. The van der Waals surface area contributed by atoms with Crippen LogP contribution in [-0.2, 0) is 27.3 Å². The molecule has 2 amide bonds. The molecule has 7 heteroatoms. The molecule has 1 unspecified atom stereocenters. The van der Waals surface area contributed by atoms with Gasteiger partial charge in [0.15, 0.2) is 0 Å². The van der Waals surface area contributed by atoms with E-state index in [2.05, 4.69) is 5.10 Å². The van der Waals surface area contributed by atoms with Crippen LogP contribution in [0.5, 0.6) is 0 Å². The zero-order chi connectivity index (χ0) is 20.8. The molecule has 0 aromatic heterocycles. The van der Waals surface area contributed by atoms with Gasteiger partial charge in [0.25, 0.3) is 5.91 Å². The van der Waals surface area contributed by atoms with E-state index >= 15 is 0 Å². The summed E-state index contributed by atoms with van der Waals surface area (Å²) in [5.74, 6) is -1.72. The van der Waals surface area contributed by atoms with Crippen LogP contribution in [0.1, 0.15) is 24.0 Å². The smallest absolute Gasteiger partial charge is 0.326 e. The number of carboxylic acids is 1. The Hall–Kier alpha value is -3.48. The van der Waals surface area contributed by atoms with Crippen molar-refractivity contribution in [2.45, 2.75) is 31.8 Å². The average molecular weight is 393 g/mol. The van der Waals surface area contributed by atoms with Gasteiger partial charge in [-0.05, 0) is 11.1 Å². The lowest BCUT2D eigenvalue weighted by Gasteiger charge is -2.28. The van der Waals surface area contributed by atoms with Crippen LogP contribution >= 0.6 is 0 Å². The lowest BCUT2D eigenvalue weighted by molar-refractivity contribution is -0.147. The number of benzene rings is 2. The summed E-state index contributed by atoms with van der Waals surface area (Å²) in [5, 5.41) is 15.2. The van der Waals surface area contributed by atoms with E-state index in [0.717, 1.165) is 11.1 Å². The van der Waals surface area contributed by atoms with Crippen molar-refractivity contribution in [3.05, 3.63) is 71.8 Å².